The van der Waals surface area contributed by atoms with Crippen LogP contribution in [0.15, 0.2) is 65.3 Å². The maximum Gasteiger partial charge on any atom is 0.218 e. The van der Waals surface area contributed by atoms with Crippen molar-refractivity contribution in [3.05, 3.63) is 90.5 Å². The van der Waals surface area contributed by atoms with Gasteiger partial charge in [-0.05, 0) is 42.2 Å². The minimum Gasteiger partial charge on any atom is -0.487 e. The minimum atomic E-state index is 0.386. The third-order valence-corrected chi connectivity index (χ3v) is 3.56. The molecule has 0 fully saturated rings. The Morgan fingerprint density at radius 3 is 2.54 bits per heavy atom. The van der Waals surface area contributed by atoms with Crippen molar-refractivity contribution in [1.82, 2.24) is 4.98 Å². The molecule has 0 bridgehead atoms. The van der Waals surface area contributed by atoms with Gasteiger partial charge in [0.15, 0.2) is 0 Å². The van der Waals surface area contributed by atoms with Crippen molar-refractivity contribution in [2.24, 2.45) is 0 Å². The normalized spacial score (nSPS) is 11.0. The first-order chi connectivity index (χ1) is 11.8. The molecule has 0 aliphatic heterocycles. The number of ether oxygens (including phenoxy) is 1. The molecule has 0 spiro atoms. The van der Waals surface area contributed by atoms with Crippen LogP contribution in [-0.2, 0) is 13.0 Å². The fourth-order valence-electron chi connectivity index (χ4n) is 2.31. The van der Waals surface area contributed by atoms with Gasteiger partial charge in [-0.1, -0.05) is 49.4 Å². The van der Waals surface area contributed by atoms with Crippen LogP contribution in [0.25, 0.3) is 12.2 Å². The van der Waals surface area contributed by atoms with Gasteiger partial charge in [-0.3, -0.25) is 0 Å². The van der Waals surface area contributed by atoms with E-state index in [4.69, 9.17) is 9.15 Å². The molecule has 24 heavy (non-hydrogen) atoms. The molecule has 0 aliphatic rings. The first-order valence-corrected chi connectivity index (χ1v) is 8.02. The van der Waals surface area contributed by atoms with E-state index in [1.807, 2.05) is 54.6 Å². The summed E-state index contributed by atoms with van der Waals surface area (Å²) >= 11 is 0. The molecule has 121 valence electrons. The lowest BCUT2D eigenvalue weighted by atomic mass is 10.1. The first-order valence-electron chi connectivity index (χ1n) is 8.02. The molecular formula is C21H20NO2. The molecule has 1 radical (unpaired) electrons. The van der Waals surface area contributed by atoms with Crippen LogP contribution in [0.5, 0.6) is 5.75 Å². The Balaban J connectivity index is 1.55. The smallest absolute Gasteiger partial charge is 0.218 e. The molecule has 0 amide bonds. The summed E-state index contributed by atoms with van der Waals surface area (Å²) in [5.74, 6) is 1.40. The van der Waals surface area contributed by atoms with Crippen molar-refractivity contribution < 1.29 is 9.15 Å². The largest absolute Gasteiger partial charge is 0.487 e. The molecule has 0 N–H and O–H groups in total. The lowest BCUT2D eigenvalue weighted by Crippen LogP contribution is -1.96. The van der Waals surface area contributed by atoms with Gasteiger partial charge in [0.2, 0.25) is 5.89 Å². The van der Waals surface area contributed by atoms with E-state index >= 15 is 0 Å². The van der Waals surface area contributed by atoms with Crippen molar-refractivity contribution in [2.75, 3.05) is 0 Å². The van der Waals surface area contributed by atoms with E-state index in [2.05, 4.69) is 24.0 Å². The van der Waals surface area contributed by atoms with E-state index in [0.717, 1.165) is 29.8 Å². The van der Waals surface area contributed by atoms with Gasteiger partial charge in [0, 0.05) is 6.08 Å². The second-order valence-corrected chi connectivity index (χ2v) is 5.46. The summed E-state index contributed by atoms with van der Waals surface area (Å²) in [6.45, 7) is 4.25. The zero-order valence-corrected chi connectivity index (χ0v) is 13.5. The van der Waals surface area contributed by atoms with E-state index in [1.54, 1.807) is 6.26 Å². The molecule has 2 aromatic carbocycles. The topological polar surface area (TPSA) is 35.3 Å². The summed E-state index contributed by atoms with van der Waals surface area (Å²) < 4.78 is 11.2. The quantitative estimate of drug-likeness (QED) is 0.601. The summed E-state index contributed by atoms with van der Waals surface area (Å²) in [7, 11) is 0. The lowest BCUT2D eigenvalue weighted by Gasteiger charge is -2.04. The first kappa shape index (κ1) is 16.1. The highest BCUT2D eigenvalue weighted by atomic mass is 16.5. The van der Waals surface area contributed by atoms with Gasteiger partial charge >= 0.3 is 0 Å². The number of aromatic nitrogens is 1. The molecule has 0 aliphatic carbocycles. The zero-order chi connectivity index (χ0) is 16.6. The SMILES string of the molecule is [CH2]CCc1ccc(OCc2coc(/C=C/c3ccccc3)n2)cc1. The van der Waals surface area contributed by atoms with E-state index < -0.39 is 0 Å². The van der Waals surface area contributed by atoms with Gasteiger partial charge in [0.25, 0.3) is 0 Å². The van der Waals surface area contributed by atoms with Crippen molar-refractivity contribution in [1.29, 1.82) is 0 Å². The van der Waals surface area contributed by atoms with Crippen LogP contribution in [-0.4, -0.2) is 4.98 Å². The second kappa shape index (κ2) is 8.16. The number of nitrogens with zero attached hydrogens (tertiary/aromatic N) is 1. The summed E-state index contributed by atoms with van der Waals surface area (Å²) in [4.78, 5) is 4.40. The van der Waals surface area contributed by atoms with Gasteiger partial charge in [-0.2, -0.15) is 0 Å². The van der Waals surface area contributed by atoms with Crippen molar-refractivity contribution >= 4 is 12.2 Å². The van der Waals surface area contributed by atoms with Gasteiger partial charge in [0.1, 0.15) is 24.3 Å². The Labute approximate surface area is 142 Å². The Bertz CT molecular complexity index is 773. The number of aryl methyl sites for hydroxylation is 1. The zero-order valence-electron chi connectivity index (χ0n) is 13.5. The highest BCUT2D eigenvalue weighted by molar-refractivity contribution is 5.65. The van der Waals surface area contributed by atoms with Crippen molar-refractivity contribution in [3.63, 3.8) is 0 Å². The molecule has 0 atom stereocenters. The predicted molar refractivity (Wildman–Crippen MR) is 96.3 cm³/mol. The maximum absolute atomic E-state index is 5.74. The number of oxazole rings is 1. The maximum atomic E-state index is 5.74. The van der Waals surface area contributed by atoms with Crippen LogP contribution in [0.4, 0.5) is 0 Å². The Hall–Kier alpha value is -2.81. The predicted octanol–water partition coefficient (Wildman–Crippen LogP) is 5.19. The number of hydrogen-bond donors (Lipinski definition) is 0. The van der Waals surface area contributed by atoms with Crippen LogP contribution >= 0.6 is 0 Å². The van der Waals surface area contributed by atoms with Crippen LogP contribution in [0.3, 0.4) is 0 Å². The summed E-state index contributed by atoms with van der Waals surface area (Å²) in [5.41, 5.74) is 3.15. The van der Waals surface area contributed by atoms with Gasteiger partial charge in [0.05, 0.1) is 0 Å². The van der Waals surface area contributed by atoms with Gasteiger partial charge in [-0.15, -0.1) is 0 Å². The van der Waals surface area contributed by atoms with Crippen LogP contribution < -0.4 is 4.74 Å². The van der Waals surface area contributed by atoms with Crippen LogP contribution in [0.1, 0.15) is 29.1 Å². The van der Waals surface area contributed by atoms with Gasteiger partial charge in [-0.25, -0.2) is 4.98 Å². The molecule has 3 rings (SSSR count). The molecule has 0 saturated carbocycles. The molecule has 3 aromatic rings. The van der Waals surface area contributed by atoms with Crippen molar-refractivity contribution in [2.45, 2.75) is 19.4 Å². The van der Waals surface area contributed by atoms with E-state index in [-0.39, 0.29) is 0 Å². The van der Waals surface area contributed by atoms with Crippen molar-refractivity contribution in [3.8, 4) is 5.75 Å². The Kier molecular flexibility index (Phi) is 5.46. The van der Waals surface area contributed by atoms with E-state index in [1.165, 1.54) is 5.56 Å². The molecule has 1 aromatic heterocycles. The highest BCUT2D eigenvalue weighted by Crippen LogP contribution is 2.15. The van der Waals surface area contributed by atoms with E-state index in [9.17, 15) is 0 Å². The molecule has 0 unspecified atom stereocenters. The summed E-state index contributed by atoms with van der Waals surface area (Å²) in [5, 5.41) is 0. The number of hydrogen-bond acceptors (Lipinski definition) is 3. The number of benzene rings is 2. The third-order valence-electron chi connectivity index (χ3n) is 3.56. The van der Waals surface area contributed by atoms with Gasteiger partial charge < -0.3 is 9.15 Å². The Morgan fingerprint density at radius 2 is 1.79 bits per heavy atom. The molecular weight excluding hydrogens is 298 g/mol. The average molecular weight is 318 g/mol. The van der Waals surface area contributed by atoms with Crippen LogP contribution in [0.2, 0.25) is 0 Å². The molecule has 3 heteroatoms. The fraction of sp³-hybridized carbons (Fsp3) is 0.143. The standard InChI is InChI=1S/C21H20NO2/c1-2-6-17-9-12-20(13-10-17)23-15-19-16-24-21(22-19)14-11-18-7-4-3-5-8-18/h3-5,7-14,16H,1-2,6,15H2/b14-11+. The third kappa shape index (κ3) is 4.59. The summed E-state index contributed by atoms with van der Waals surface area (Å²) in [6.07, 6.45) is 7.34. The lowest BCUT2D eigenvalue weighted by molar-refractivity contribution is 0.301. The van der Waals surface area contributed by atoms with Crippen LogP contribution in [0, 0.1) is 6.92 Å². The second-order valence-electron chi connectivity index (χ2n) is 5.46. The fourth-order valence-corrected chi connectivity index (χ4v) is 2.31. The monoisotopic (exact) mass is 318 g/mol. The molecule has 0 saturated heterocycles. The number of rotatable bonds is 7. The summed E-state index contributed by atoms with van der Waals surface area (Å²) in [6, 6.07) is 18.1. The highest BCUT2D eigenvalue weighted by Gasteiger charge is 2.03. The minimum absolute atomic E-state index is 0.386. The average Bonchev–Trinajstić information content (AvgIpc) is 3.09. The molecule has 1 heterocycles. The van der Waals surface area contributed by atoms with E-state index in [0.29, 0.717) is 12.5 Å². The Morgan fingerprint density at radius 1 is 1.00 bits per heavy atom. The molecule has 3 nitrogen and oxygen atoms in total.